The summed E-state index contributed by atoms with van der Waals surface area (Å²) < 4.78 is 63.1. The highest BCUT2D eigenvalue weighted by Crippen LogP contribution is 2.36. The molecule has 0 spiro atoms. The second-order valence-corrected chi connectivity index (χ2v) is 13.3. The summed E-state index contributed by atoms with van der Waals surface area (Å²) in [5.74, 6) is 0. The fraction of sp³-hybridized carbons (Fsp3) is 0.429. The normalized spacial score (nSPS) is 31.5. The number of benzene rings is 4. The van der Waals surface area contributed by atoms with Gasteiger partial charge in [0.05, 0.1) is 33.0 Å². The lowest BCUT2D eigenvalue weighted by molar-refractivity contribution is -0.369. The second kappa shape index (κ2) is 18.7. The molecule has 11 atom stereocenters. The van der Waals surface area contributed by atoms with Gasteiger partial charge in [0.2, 0.25) is 0 Å². The van der Waals surface area contributed by atoms with Crippen LogP contribution in [0.15, 0.2) is 121 Å². The molecule has 3 saturated heterocycles. The largest absolute Gasteiger partial charge is 0.387 e. The van der Waals surface area contributed by atoms with Crippen LogP contribution in [0.1, 0.15) is 28.5 Å². The summed E-state index contributed by atoms with van der Waals surface area (Å²) in [6.07, 6.45) is -8.40. The minimum Gasteiger partial charge on any atom is -0.387 e. The number of aliphatic hydroxyl groups excluding tert-OH is 1. The van der Waals surface area contributed by atoms with Crippen LogP contribution in [-0.4, -0.2) is 94.0 Å². The zero-order valence-corrected chi connectivity index (χ0v) is 30.0. The van der Waals surface area contributed by atoms with E-state index in [1.165, 1.54) is 7.11 Å². The molecule has 11 nitrogen and oxygen atoms in total. The van der Waals surface area contributed by atoms with Crippen molar-refractivity contribution in [3.05, 3.63) is 144 Å². The minimum absolute atomic E-state index is 0.0170. The standard InChI is InChI=1S/C42H48O11/c1-44-41-37(34(43)35-32(51-41)27-50-40(53-35)31-21-13-6-14-22-31)49-26-33-36(46-23-28-15-7-3-8-16-28)38(47-24-29-17-9-4-10-18-29)39(42(45-2)52-33)48-25-30-19-11-5-12-20-30/h3-22,32-43H,23-27H2,1-2H3/t32-,33-,34-,35-,36-,37+,38+,39-,40-,41+,42+/m1/s1. The van der Waals surface area contributed by atoms with Gasteiger partial charge >= 0.3 is 0 Å². The monoisotopic (exact) mass is 728 g/mol. The zero-order valence-electron chi connectivity index (χ0n) is 30.0. The van der Waals surface area contributed by atoms with Crippen LogP contribution in [0, 0.1) is 0 Å². The van der Waals surface area contributed by atoms with Crippen molar-refractivity contribution in [1.82, 2.24) is 0 Å². The zero-order chi connectivity index (χ0) is 36.4. The van der Waals surface area contributed by atoms with E-state index in [2.05, 4.69) is 0 Å². The van der Waals surface area contributed by atoms with Crippen molar-refractivity contribution in [2.45, 2.75) is 87.5 Å². The molecule has 3 heterocycles. The molecule has 53 heavy (non-hydrogen) atoms. The number of rotatable bonds is 15. The molecule has 3 aliphatic heterocycles. The van der Waals surface area contributed by atoms with Crippen molar-refractivity contribution in [1.29, 1.82) is 0 Å². The topological polar surface area (TPSA) is 113 Å². The number of aliphatic hydroxyl groups is 1. The Hall–Kier alpha value is -3.56. The smallest absolute Gasteiger partial charge is 0.186 e. The second-order valence-electron chi connectivity index (χ2n) is 13.3. The minimum atomic E-state index is -1.11. The maximum Gasteiger partial charge on any atom is 0.186 e. The Bertz CT molecular complexity index is 1630. The van der Waals surface area contributed by atoms with Crippen LogP contribution < -0.4 is 0 Å². The summed E-state index contributed by atoms with van der Waals surface area (Å²) in [5, 5.41) is 11.8. The van der Waals surface area contributed by atoms with E-state index in [1.54, 1.807) is 7.11 Å². The van der Waals surface area contributed by atoms with E-state index in [4.69, 9.17) is 47.4 Å². The first kappa shape index (κ1) is 37.7. The van der Waals surface area contributed by atoms with E-state index >= 15 is 0 Å². The molecular weight excluding hydrogens is 680 g/mol. The molecule has 0 radical (unpaired) electrons. The van der Waals surface area contributed by atoms with Gasteiger partial charge in [0.15, 0.2) is 18.9 Å². The Kier molecular flexibility index (Phi) is 13.3. The van der Waals surface area contributed by atoms with Crippen molar-refractivity contribution >= 4 is 0 Å². The van der Waals surface area contributed by atoms with Crippen LogP contribution in [0.25, 0.3) is 0 Å². The number of fused-ring (bicyclic) bond motifs is 1. The maximum atomic E-state index is 11.8. The Morgan fingerprint density at radius 1 is 0.547 bits per heavy atom. The summed E-state index contributed by atoms with van der Waals surface area (Å²) >= 11 is 0. The molecule has 0 saturated carbocycles. The first-order chi connectivity index (χ1) is 26.1. The predicted molar refractivity (Wildman–Crippen MR) is 192 cm³/mol. The molecule has 282 valence electrons. The molecular formula is C42H48O11. The maximum absolute atomic E-state index is 11.8. The highest BCUT2D eigenvalue weighted by atomic mass is 16.8. The highest BCUT2D eigenvalue weighted by Gasteiger charge is 2.52. The number of methoxy groups -OCH3 is 2. The average Bonchev–Trinajstić information content (AvgIpc) is 3.22. The first-order valence-electron chi connectivity index (χ1n) is 18.1. The van der Waals surface area contributed by atoms with Crippen molar-refractivity contribution in [2.24, 2.45) is 0 Å². The Labute approximate surface area is 310 Å². The van der Waals surface area contributed by atoms with Crippen molar-refractivity contribution in [3.8, 4) is 0 Å². The van der Waals surface area contributed by atoms with Gasteiger partial charge in [0, 0.05) is 19.8 Å². The summed E-state index contributed by atoms with van der Waals surface area (Å²) in [5.41, 5.74) is 3.82. The summed E-state index contributed by atoms with van der Waals surface area (Å²) in [6.45, 7) is 1.10. The number of hydrogen-bond acceptors (Lipinski definition) is 11. The van der Waals surface area contributed by atoms with Crippen LogP contribution in [0.2, 0.25) is 0 Å². The lowest BCUT2D eigenvalue weighted by atomic mass is 9.96. The van der Waals surface area contributed by atoms with Crippen LogP contribution in [0.4, 0.5) is 0 Å². The van der Waals surface area contributed by atoms with Gasteiger partial charge in [-0.25, -0.2) is 0 Å². The van der Waals surface area contributed by atoms with Crippen molar-refractivity contribution in [3.63, 3.8) is 0 Å². The van der Waals surface area contributed by atoms with E-state index < -0.39 is 67.7 Å². The summed E-state index contributed by atoms with van der Waals surface area (Å²) in [7, 11) is 3.09. The molecule has 0 unspecified atom stereocenters. The van der Waals surface area contributed by atoms with Crippen LogP contribution in [-0.2, 0) is 67.2 Å². The van der Waals surface area contributed by atoms with Gasteiger partial charge in [-0.1, -0.05) is 121 Å². The van der Waals surface area contributed by atoms with Gasteiger partial charge in [0.25, 0.3) is 0 Å². The van der Waals surface area contributed by atoms with E-state index in [0.29, 0.717) is 13.2 Å². The van der Waals surface area contributed by atoms with Gasteiger partial charge in [-0.2, -0.15) is 0 Å². The van der Waals surface area contributed by atoms with Gasteiger partial charge in [0.1, 0.15) is 48.8 Å². The molecule has 1 N–H and O–H groups in total. The number of hydrogen-bond donors (Lipinski definition) is 1. The van der Waals surface area contributed by atoms with Crippen LogP contribution >= 0.6 is 0 Å². The molecule has 4 aromatic rings. The average molecular weight is 729 g/mol. The van der Waals surface area contributed by atoms with Gasteiger partial charge < -0.3 is 52.5 Å². The Balaban J connectivity index is 1.13. The fourth-order valence-electron chi connectivity index (χ4n) is 6.99. The van der Waals surface area contributed by atoms with Crippen LogP contribution in [0.3, 0.4) is 0 Å². The molecule has 3 aliphatic rings. The molecule has 7 rings (SSSR count). The highest BCUT2D eigenvalue weighted by molar-refractivity contribution is 5.18. The predicted octanol–water partition coefficient (Wildman–Crippen LogP) is 5.35. The third-order valence-corrected chi connectivity index (χ3v) is 9.75. The van der Waals surface area contributed by atoms with E-state index in [1.807, 2.05) is 121 Å². The SMILES string of the molecule is CO[C@H]1O[C@@H]2CO[C@@H](c3ccccc3)O[C@H]2[C@@H](O)[C@@H]1OC[C@H]1O[C@H](OC)[C@H](OCc2ccccc2)[C@@H](OCc2ccccc2)[C@@H]1OCc1ccccc1. The molecule has 0 amide bonds. The molecule has 0 bridgehead atoms. The van der Waals surface area contributed by atoms with Gasteiger partial charge in [-0.05, 0) is 16.7 Å². The molecule has 4 aromatic carbocycles. The van der Waals surface area contributed by atoms with Gasteiger partial charge in [-0.3, -0.25) is 0 Å². The van der Waals surface area contributed by atoms with Crippen molar-refractivity contribution < 1.29 is 52.5 Å². The van der Waals surface area contributed by atoms with E-state index in [0.717, 1.165) is 22.3 Å². The van der Waals surface area contributed by atoms with E-state index in [9.17, 15) is 5.11 Å². The molecule has 0 aromatic heterocycles. The first-order valence-corrected chi connectivity index (χ1v) is 18.1. The summed E-state index contributed by atoms with van der Waals surface area (Å²) in [4.78, 5) is 0. The molecule has 0 aliphatic carbocycles. The van der Waals surface area contributed by atoms with E-state index in [-0.39, 0.29) is 19.8 Å². The third-order valence-electron chi connectivity index (χ3n) is 9.75. The fourth-order valence-corrected chi connectivity index (χ4v) is 6.99. The number of ether oxygens (including phenoxy) is 10. The Morgan fingerprint density at radius 3 is 1.58 bits per heavy atom. The van der Waals surface area contributed by atoms with Crippen molar-refractivity contribution in [2.75, 3.05) is 27.4 Å². The van der Waals surface area contributed by atoms with Crippen LogP contribution in [0.5, 0.6) is 0 Å². The molecule has 3 fully saturated rings. The third kappa shape index (κ3) is 9.40. The van der Waals surface area contributed by atoms with Gasteiger partial charge in [-0.15, -0.1) is 0 Å². The molecule has 11 heteroatoms. The summed E-state index contributed by atoms with van der Waals surface area (Å²) in [6, 6.07) is 39.3. The lowest BCUT2D eigenvalue weighted by Crippen LogP contribution is -2.64. The lowest BCUT2D eigenvalue weighted by Gasteiger charge is -2.48. The quantitative estimate of drug-likeness (QED) is 0.171. The Morgan fingerprint density at radius 2 is 1.04 bits per heavy atom.